The van der Waals surface area contributed by atoms with Gasteiger partial charge in [-0.2, -0.15) is 0 Å². The van der Waals surface area contributed by atoms with E-state index in [4.69, 9.17) is 0 Å². The molecule has 1 N–H and O–H groups in total. The lowest BCUT2D eigenvalue weighted by Gasteiger charge is -2.45. The highest BCUT2D eigenvalue weighted by molar-refractivity contribution is 4.99. The molecule has 2 rings (SSSR count). The molecule has 0 bridgehead atoms. The first-order valence-electron chi connectivity index (χ1n) is 7.25. The molecule has 0 spiro atoms. The monoisotopic (exact) mass is 262 g/mol. The van der Waals surface area contributed by atoms with Crippen molar-refractivity contribution in [3.05, 3.63) is 24.3 Å². The van der Waals surface area contributed by atoms with Crippen LogP contribution in [0.25, 0.3) is 0 Å². The summed E-state index contributed by atoms with van der Waals surface area (Å²) in [6.45, 7) is 4.24. The van der Waals surface area contributed by atoms with E-state index in [9.17, 15) is 0 Å². The van der Waals surface area contributed by atoms with Gasteiger partial charge in [0.05, 0.1) is 5.69 Å². The largest absolute Gasteiger partial charge is 0.309 e. The van der Waals surface area contributed by atoms with Crippen molar-refractivity contribution in [1.29, 1.82) is 0 Å². The Balaban J connectivity index is 1.90. The first-order chi connectivity index (χ1) is 9.12. The molecule has 1 aromatic heterocycles. The molecule has 1 fully saturated rings. The number of likely N-dealkylation sites (N-methyl/N-ethyl adjacent to an activating group) is 1. The van der Waals surface area contributed by atoms with Gasteiger partial charge in [-0.15, -0.1) is 0 Å². The van der Waals surface area contributed by atoms with E-state index in [1.165, 1.54) is 25.7 Å². The molecule has 0 amide bonds. The molecule has 106 valence electrons. The van der Waals surface area contributed by atoms with Crippen LogP contribution in [-0.4, -0.2) is 41.0 Å². The minimum Gasteiger partial charge on any atom is -0.309 e. The van der Waals surface area contributed by atoms with Crippen LogP contribution < -0.4 is 5.32 Å². The number of rotatable bonds is 5. The van der Waals surface area contributed by atoms with E-state index in [-0.39, 0.29) is 0 Å². The summed E-state index contributed by atoms with van der Waals surface area (Å²) in [5.41, 5.74) is 1.37. The summed E-state index contributed by atoms with van der Waals surface area (Å²) >= 11 is 0. The van der Waals surface area contributed by atoms with Gasteiger partial charge in [0, 0.05) is 24.8 Å². The molecule has 4 heteroatoms. The zero-order valence-corrected chi connectivity index (χ0v) is 12.4. The van der Waals surface area contributed by atoms with E-state index in [0.29, 0.717) is 5.54 Å². The highest BCUT2D eigenvalue weighted by Crippen LogP contribution is 2.35. The van der Waals surface area contributed by atoms with E-state index in [2.05, 4.69) is 41.2 Å². The summed E-state index contributed by atoms with van der Waals surface area (Å²) in [4.78, 5) is 10.6. The van der Waals surface area contributed by atoms with Crippen LogP contribution >= 0.6 is 0 Å². The van der Waals surface area contributed by atoms with Gasteiger partial charge in [-0.1, -0.05) is 19.8 Å². The number of aromatic nitrogens is 2. The van der Waals surface area contributed by atoms with Gasteiger partial charge in [0.25, 0.3) is 0 Å². The lowest BCUT2D eigenvalue weighted by molar-refractivity contribution is 0.0749. The summed E-state index contributed by atoms with van der Waals surface area (Å²) in [5.74, 6) is 0.831. The predicted octanol–water partition coefficient (Wildman–Crippen LogP) is 2.08. The van der Waals surface area contributed by atoms with E-state index >= 15 is 0 Å². The lowest BCUT2D eigenvalue weighted by Crippen LogP contribution is -2.54. The fourth-order valence-electron chi connectivity index (χ4n) is 3.20. The van der Waals surface area contributed by atoms with Crippen LogP contribution in [0, 0.1) is 5.92 Å². The molecular formula is C15H26N4. The highest BCUT2D eigenvalue weighted by Gasteiger charge is 2.36. The van der Waals surface area contributed by atoms with Crippen LogP contribution in [-0.2, 0) is 6.54 Å². The zero-order valence-electron chi connectivity index (χ0n) is 12.4. The Kier molecular flexibility index (Phi) is 4.88. The van der Waals surface area contributed by atoms with E-state index in [0.717, 1.165) is 24.7 Å². The SMILES string of the molecule is CC1CCCC(CNCc2ccncn2)(N(C)C)C1. The summed E-state index contributed by atoms with van der Waals surface area (Å²) in [7, 11) is 4.43. The molecule has 19 heavy (non-hydrogen) atoms. The quantitative estimate of drug-likeness (QED) is 0.882. The normalized spacial score (nSPS) is 27.7. The molecule has 0 radical (unpaired) electrons. The first-order valence-corrected chi connectivity index (χ1v) is 7.25. The Morgan fingerprint density at radius 2 is 2.32 bits per heavy atom. The van der Waals surface area contributed by atoms with E-state index < -0.39 is 0 Å². The smallest absolute Gasteiger partial charge is 0.115 e. The first kappa shape index (κ1) is 14.4. The van der Waals surface area contributed by atoms with E-state index in [1.54, 1.807) is 12.5 Å². The molecule has 1 aromatic rings. The molecule has 2 atom stereocenters. The molecule has 0 saturated heterocycles. The summed E-state index contributed by atoms with van der Waals surface area (Å²) in [6.07, 6.45) is 8.71. The Morgan fingerprint density at radius 3 is 2.95 bits per heavy atom. The lowest BCUT2D eigenvalue weighted by atomic mass is 9.75. The van der Waals surface area contributed by atoms with Gasteiger partial charge in [-0.05, 0) is 38.9 Å². The Labute approximate surface area is 116 Å². The molecule has 1 saturated carbocycles. The summed E-state index contributed by atoms with van der Waals surface area (Å²) < 4.78 is 0. The predicted molar refractivity (Wildman–Crippen MR) is 77.8 cm³/mol. The van der Waals surface area contributed by atoms with Crippen LogP contribution in [0.1, 0.15) is 38.3 Å². The Hall–Kier alpha value is -1.00. The van der Waals surface area contributed by atoms with Crippen molar-refractivity contribution in [1.82, 2.24) is 20.2 Å². The van der Waals surface area contributed by atoms with Crippen LogP contribution in [0.3, 0.4) is 0 Å². The Morgan fingerprint density at radius 1 is 1.47 bits per heavy atom. The number of hydrogen-bond donors (Lipinski definition) is 1. The van der Waals surface area contributed by atoms with Gasteiger partial charge in [0.2, 0.25) is 0 Å². The van der Waals surface area contributed by atoms with Crippen molar-refractivity contribution in [2.24, 2.45) is 5.92 Å². The summed E-state index contributed by atoms with van der Waals surface area (Å²) in [5, 5.41) is 3.58. The second-order valence-electron chi connectivity index (χ2n) is 6.12. The third-order valence-corrected chi connectivity index (χ3v) is 4.42. The molecule has 2 unspecified atom stereocenters. The van der Waals surface area contributed by atoms with Crippen molar-refractivity contribution in [2.45, 2.75) is 44.7 Å². The number of nitrogens with zero attached hydrogens (tertiary/aromatic N) is 3. The average Bonchev–Trinajstić information content (AvgIpc) is 2.40. The zero-order chi connectivity index (χ0) is 13.7. The van der Waals surface area contributed by atoms with Gasteiger partial charge >= 0.3 is 0 Å². The van der Waals surface area contributed by atoms with Crippen molar-refractivity contribution >= 4 is 0 Å². The highest BCUT2D eigenvalue weighted by atomic mass is 15.2. The molecule has 1 heterocycles. The number of hydrogen-bond acceptors (Lipinski definition) is 4. The van der Waals surface area contributed by atoms with Gasteiger partial charge in [0.15, 0.2) is 0 Å². The summed E-state index contributed by atoms with van der Waals surface area (Å²) in [6, 6.07) is 1.97. The third kappa shape index (κ3) is 3.74. The number of nitrogens with one attached hydrogen (secondary N) is 1. The second kappa shape index (κ2) is 6.44. The van der Waals surface area contributed by atoms with Crippen LogP contribution in [0.5, 0.6) is 0 Å². The van der Waals surface area contributed by atoms with Crippen LogP contribution in [0.15, 0.2) is 18.6 Å². The standard InChI is InChI=1S/C15H26N4/c1-13-5-4-7-15(9-13,19(2)3)11-17-10-14-6-8-16-12-18-14/h6,8,12-13,17H,4-5,7,9-11H2,1-3H3. The molecule has 0 aromatic carbocycles. The minimum absolute atomic E-state index is 0.310. The van der Waals surface area contributed by atoms with Crippen molar-refractivity contribution in [3.8, 4) is 0 Å². The second-order valence-corrected chi connectivity index (χ2v) is 6.12. The third-order valence-electron chi connectivity index (χ3n) is 4.42. The minimum atomic E-state index is 0.310. The molecular weight excluding hydrogens is 236 g/mol. The topological polar surface area (TPSA) is 41.1 Å². The molecule has 1 aliphatic rings. The maximum atomic E-state index is 4.26. The van der Waals surface area contributed by atoms with Gasteiger partial charge < -0.3 is 10.2 Å². The van der Waals surface area contributed by atoms with Crippen molar-refractivity contribution < 1.29 is 0 Å². The van der Waals surface area contributed by atoms with Crippen LogP contribution in [0.4, 0.5) is 0 Å². The van der Waals surface area contributed by atoms with Gasteiger partial charge in [0.1, 0.15) is 6.33 Å². The van der Waals surface area contributed by atoms with E-state index in [1.807, 2.05) is 6.07 Å². The van der Waals surface area contributed by atoms with Crippen molar-refractivity contribution in [3.63, 3.8) is 0 Å². The molecule has 0 aliphatic heterocycles. The van der Waals surface area contributed by atoms with Gasteiger partial charge in [-0.3, -0.25) is 0 Å². The van der Waals surface area contributed by atoms with Crippen molar-refractivity contribution in [2.75, 3.05) is 20.6 Å². The Bertz CT molecular complexity index is 379. The maximum absolute atomic E-state index is 4.26. The van der Waals surface area contributed by atoms with Crippen LogP contribution in [0.2, 0.25) is 0 Å². The van der Waals surface area contributed by atoms with Gasteiger partial charge in [-0.25, -0.2) is 9.97 Å². The molecule has 1 aliphatic carbocycles. The fourth-order valence-corrected chi connectivity index (χ4v) is 3.20. The fraction of sp³-hybridized carbons (Fsp3) is 0.733. The maximum Gasteiger partial charge on any atom is 0.115 e. The average molecular weight is 262 g/mol. The molecule has 4 nitrogen and oxygen atoms in total.